The zero-order chi connectivity index (χ0) is 22.3. The Kier molecular flexibility index (Phi) is 6.97. The highest BCUT2D eigenvalue weighted by Gasteiger charge is 2.21. The fraction of sp³-hybridized carbons (Fsp3) is 0.240. The van der Waals surface area contributed by atoms with E-state index in [2.05, 4.69) is 10.3 Å². The second kappa shape index (κ2) is 10.2. The maximum atomic E-state index is 12.3. The van der Waals surface area contributed by atoms with E-state index >= 15 is 0 Å². The van der Waals surface area contributed by atoms with E-state index < -0.39 is 0 Å². The summed E-state index contributed by atoms with van der Waals surface area (Å²) in [7, 11) is 0. The first-order chi connectivity index (χ1) is 15.6. The van der Waals surface area contributed by atoms with Crippen molar-refractivity contribution in [2.75, 3.05) is 11.4 Å². The zero-order valence-corrected chi connectivity index (χ0v) is 18.7. The van der Waals surface area contributed by atoms with Gasteiger partial charge in [0, 0.05) is 36.7 Å². The second-order valence-electron chi connectivity index (χ2n) is 7.59. The van der Waals surface area contributed by atoms with Crippen LogP contribution in [0.1, 0.15) is 34.7 Å². The van der Waals surface area contributed by atoms with Crippen molar-refractivity contribution in [3.8, 4) is 5.75 Å². The number of nitrogens with zero attached hydrogens (tertiary/aromatic N) is 2. The summed E-state index contributed by atoms with van der Waals surface area (Å²) in [4.78, 5) is 30.4. The summed E-state index contributed by atoms with van der Waals surface area (Å²) in [5.41, 5.74) is 3.63. The number of aromatic nitrogens is 1. The molecule has 164 valence electrons. The molecular weight excluding hydrogens is 422 g/mol. The van der Waals surface area contributed by atoms with Crippen molar-refractivity contribution in [1.29, 1.82) is 0 Å². The molecule has 2 heterocycles. The third kappa shape index (κ3) is 5.82. The topological polar surface area (TPSA) is 71.5 Å². The van der Waals surface area contributed by atoms with Crippen molar-refractivity contribution >= 4 is 34.9 Å². The number of ether oxygens (including phenoxy) is 1. The lowest BCUT2D eigenvalue weighted by atomic mass is 10.2. The van der Waals surface area contributed by atoms with Crippen LogP contribution in [0.2, 0.25) is 0 Å². The van der Waals surface area contributed by atoms with E-state index in [-0.39, 0.29) is 11.8 Å². The summed E-state index contributed by atoms with van der Waals surface area (Å²) in [6.45, 7) is 3.54. The van der Waals surface area contributed by atoms with Crippen LogP contribution in [-0.4, -0.2) is 23.3 Å². The number of nitrogens with one attached hydrogen (secondary N) is 1. The Morgan fingerprint density at radius 1 is 1.25 bits per heavy atom. The van der Waals surface area contributed by atoms with Crippen molar-refractivity contribution < 1.29 is 14.3 Å². The minimum atomic E-state index is -0.183. The first kappa shape index (κ1) is 21.8. The van der Waals surface area contributed by atoms with Gasteiger partial charge in [-0.2, -0.15) is 0 Å². The molecule has 1 saturated heterocycles. The molecule has 1 fully saturated rings. The van der Waals surface area contributed by atoms with E-state index in [4.69, 9.17) is 4.74 Å². The number of hydrogen-bond donors (Lipinski definition) is 1. The minimum absolute atomic E-state index is 0.155. The number of benzene rings is 2. The largest absolute Gasteiger partial charge is 0.487 e. The average molecular weight is 448 g/mol. The SMILES string of the molecule is Cc1nc(COc2cccc(/C=C/C(=O)NCc3cccc(N4CCCC4=O)c3)c2)cs1. The number of rotatable bonds is 8. The van der Waals surface area contributed by atoms with Crippen molar-refractivity contribution in [2.45, 2.75) is 32.9 Å². The molecule has 0 radical (unpaired) electrons. The molecule has 7 heteroatoms. The molecule has 1 aromatic heterocycles. The average Bonchev–Trinajstić information content (AvgIpc) is 3.43. The van der Waals surface area contributed by atoms with Crippen molar-refractivity contribution in [3.05, 3.63) is 81.8 Å². The maximum absolute atomic E-state index is 12.3. The van der Waals surface area contributed by atoms with Gasteiger partial charge in [-0.3, -0.25) is 9.59 Å². The zero-order valence-electron chi connectivity index (χ0n) is 17.9. The minimum Gasteiger partial charge on any atom is -0.487 e. The number of anilines is 1. The summed E-state index contributed by atoms with van der Waals surface area (Å²) in [5.74, 6) is 0.699. The van der Waals surface area contributed by atoms with Gasteiger partial charge in [-0.1, -0.05) is 24.3 Å². The van der Waals surface area contributed by atoms with E-state index in [1.165, 1.54) is 6.08 Å². The molecule has 6 nitrogen and oxygen atoms in total. The molecule has 3 aromatic rings. The van der Waals surface area contributed by atoms with Gasteiger partial charge in [0.05, 0.1) is 10.7 Å². The number of aryl methyl sites for hydroxylation is 1. The molecule has 2 aromatic carbocycles. The van der Waals surface area contributed by atoms with Crippen LogP contribution in [-0.2, 0) is 22.7 Å². The third-order valence-corrected chi connectivity index (χ3v) is 5.92. The summed E-state index contributed by atoms with van der Waals surface area (Å²) in [5, 5.41) is 5.90. The van der Waals surface area contributed by atoms with Gasteiger partial charge in [0.25, 0.3) is 0 Å². The van der Waals surface area contributed by atoms with Crippen molar-refractivity contribution in [1.82, 2.24) is 10.3 Å². The molecule has 0 saturated carbocycles. The molecule has 2 amide bonds. The highest BCUT2D eigenvalue weighted by atomic mass is 32.1. The van der Waals surface area contributed by atoms with Crippen molar-refractivity contribution in [3.63, 3.8) is 0 Å². The predicted molar refractivity (Wildman–Crippen MR) is 127 cm³/mol. The highest BCUT2D eigenvalue weighted by molar-refractivity contribution is 7.09. The Morgan fingerprint density at radius 2 is 2.12 bits per heavy atom. The molecule has 0 aliphatic carbocycles. The van der Waals surface area contributed by atoms with Crippen LogP contribution < -0.4 is 15.0 Å². The Morgan fingerprint density at radius 3 is 2.91 bits per heavy atom. The van der Waals surface area contributed by atoms with Crippen LogP contribution in [0, 0.1) is 6.92 Å². The molecule has 1 aliphatic heterocycles. The fourth-order valence-corrected chi connectivity index (χ4v) is 4.11. The summed E-state index contributed by atoms with van der Waals surface area (Å²) >= 11 is 1.60. The van der Waals surface area contributed by atoms with Gasteiger partial charge >= 0.3 is 0 Å². The fourth-order valence-electron chi connectivity index (χ4n) is 3.52. The molecule has 4 rings (SSSR count). The standard InChI is InChI=1S/C25H25N3O3S/c1-18-27-21(17-32-18)16-31-23-8-3-5-19(14-23)10-11-24(29)26-15-20-6-2-7-22(13-20)28-12-4-9-25(28)30/h2-3,5-8,10-11,13-14,17H,4,9,12,15-16H2,1H3,(H,26,29)/b11-10+. The van der Waals surface area contributed by atoms with E-state index in [0.717, 1.165) is 46.2 Å². The first-order valence-electron chi connectivity index (χ1n) is 10.6. The number of hydrogen-bond acceptors (Lipinski definition) is 5. The number of amides is 2. The highest BCUT2D eigenvalue weighted by Crippen LogP contribution is 2.22. The van der Waals surface area contributed by atoms with Crippen LogP contribution in [0.4, 0.5) is 5.69 Å². The first-order valence-corrected chi connectivity index (χ1v) is 11.4. The number of thiazole rings is 1. The molecule has 32 heavy (non-hydrogen) atoms. The van der Waals surface area contributed by atoms with Gasteiger partial charge in [0.15, 0.2) is 0 Å². The number of carbonyl (C=O) groups is 2. The van der Waals surface area contributed by atoms with Crippen LogP contribution in [0.15, 0.2) is 60.0 Å². The van der Waals surface area contributed by atoms with Crippen LogP contribution in [0.25, 0.3) is 6.08 Å². The van der Waals surface area contributed by atoms with E-state index in [0.29, 0.717) is 19.6 Å². The molecule has 1 aliphatic rings. The van der Waals surface area contributed by atoms with Crippen LogP contribution in [0.3, 0.4) is 0 Å². The third-order valence-electron chi connectivity index (χ3n) is 5.10. The predicted octanol–water partition coefficient (Wildman–Crippen LogP) is 4.49. The van der Waals surface area contributed by atoms with Gasteiger partial charge < -0.3 is 15.0 Å². The van der Waals surface area contributed by atoms with Crippen LogP contribution >= 0.6 is 11.3 Å². The number of carbonyl (C=O) groups excluding carboxylic acids is 2. The molecule has 0 unspecified atom stereocenters. The summed E-state index contributed by atoms with van der Waals surface area (Å²) in [6.07, 6.45) is 4.76. The Bertz CT molecular complexity index is 1140. The maximum Gasteiger partial charge on any atom is 0.244 e. The van der Waals surface area contributed by atoms with Gasteiger partial charge in [0.1, 0.15) is 12.4 Å². The smallest absolute Gasteiger partial charge is 0.244 e. The van der Waals surface area contributed by atoms with Crippen LogP contribution in [0.5, 0.6) is 5.75 Å². The van der Waals surface area contributed by atoms with Gasteiger partial charge in [0.2, 0.25) is 11.8 Å². The van der Waals surface area contributed by atoms with Gasteiger partial charge in [-0.05, 0) is 54.8 Å². The van der Waals surface area contributed by atoms with Crippen molar-refractivity contribution in [2.24, 2.45) is 0 Å². The lowest BCUT2D eigenvalue weighted by Crippen LogP contribution is -2.24. The molecule has 1 N–H and O–H groups in total. The molecular formula is C25H25N3O3S. The Hall–Kier alpha value is -3.45. The van der Waals surface area contributed by atoms with Gasteiger partial charge in [-0.15, -0.1) is 11.3 Å². The Balaban J connectivity index is 1.29. The van der Waals surface area contributed by atoms with Gasteiger partial charge in [-0.25, -0.2) is 4.98 Å². The Labute approximate surface area is 191 Å². The van der Waals surface area contributed by atoms with E-state index in [9.17, 15) is 9.59 Å². The summed E-state index contributed by atoms with van der Waals surface area (Å²) in [6, 6.07) is 15.3. The quantitative estimate of drug-likeness (QED) is 0.517. The normalized spacial score (nSPS) is 13.7. The van der Waals surface area contributed by atoms with E-state index in [1.54, 1.807) is 22.3 Å². The molecule has 0 bridgehead atoms. The molecule has 0 spiro atoms. The second-order valence-corrected chi connectivity index (χ2v) is 8.65. The summed E-state index contributed by atoms with van der Waals surface area (Å²) < 4.78 is 5.80. The lowest BCUT2D eigenvalue weighted by Gasteiger charge is -2.16. The van der Waals surface area contributed by atoms with E-state index in [1.807, 2.05) is 60.8 Å². The monoisotopic (exact) mass is 447 g/mol. The lowest BCUT2D eigenvalue weighted by molar-refractivity contribution is -0.117. The molecule has 0 atom stereocenters.